The van der Waals surface area contributed by atoms with Gasteiger partial charge < -0.3 is 10.0 Å². The van der Waals surface area contributed by atoms with E-state index in [0.29, 0.717) is 0 Å². The largest absolute Gasteiger partial charge is 0.380 e. The van der Waals surface area contributed by atoms with E-state index in [1.165, 1.54) is 76.4 Å². The zero-order valence-corrected chi connectivity index (χ0v) is 19.5. The molecule has 7 rings (SSSR count). The van der Waals surface area contributed by atoms with E-state index in [1.54, 1.807) is 0 Å². The van der Waals surface area contributed by atoms with Gasteiger partial charge in [-0.1, -0.05) is 61.0 Å². The van der Waals surface area contributed by atoms with Crippen molar-refractivity contribution in [3.8, 4) is 0 Å². The lowest BCUT2D eigenvalue weighted by molar-refractivity contribution is -0.164. The maximum atomic E-state index is 12.7. The van der Waals surface area contributed by atoms with Gasteiger partial charge in [-0.3, -0.25) is 0 Å². The Morgan fingerprint density at radius 1 is 0.750 bits per heavy atom. The summed E-state index contributed by atoms with van der Waals surface area (Å²) in [6, 6.07) is 19.7. The quantitative estimate of drug-likeness (QED) is 0.594. The first-order valence-electron chi connectivity index (χ1n) is 13.2. The number of hydrogen-bond donors (Lipinski definition) is 1. The van der Waals surface area contributed by atoms with Gasteiger partial charge in [0.25, 0.3) is 0 Å². The lowest BCUT2D eigenvalue weighted by Gasteiger charge is -2.62. The molecule has 5 aliphatic rings. The number of rotatable bonds is 6. The molecule has 5 fully saturated rings. The van der Waals surface area contributed by atoms with E-state index in [1.807, 2.05) is 0 Å². The summed E-state index contributed by atoms with van der Waals surface area (Å²) in [5, 5.41) is 12.7. The summed E-state index contributed by atoms with van der Waals surface area (Å²) in [6.07, 6.45) is 13.0. The van der Waals surface area contributed by atoms with Gasteiger partial charge in [0, 0.05) is 12.0 Å². The van der Waals surface area contributed by atoms with Crippen LogP contribution in [-0.4, -0.2) is 29.6 Å². The van der Waals surface area contributed by atoms with Crippen LogP contribution in [0.3, 0.4) is 0 Å². The molecule has 1 atom stereocenters. The second-order valence-electron chi connectivity index (χ2n) is 11.6. The topological polar surface area (TPSA) is 23.5 Å². The molecule has 0 amide bonds. The Hall–Kier alpha value is -1.64. The monoisotopic (exact) mass is 429 g/mol. The molecule has 2 nitrogen and oxygen atoms in total. The number of hydrogen-bond acceptors (Lipinski definition) is 2. The van der Waals surface area contributed by atoms with Crippen LogP contribution in [0.15, 0.2) is 54.6 Å². The molecule has 1 unspecified atom stereocenters. The molecule has 170 valence electrons. The van der Waals surface area contributed by atoms with Gasteiger partial charge >= 0.3 is 0 Å². The minimum Gasteiger partial charge on any atom is -0.380 e. The van der Waals surface area contributed by atoms with E-state index in [4.69, 9.17) is 0 Å². The van der Waals surface area contributed by atoms with Gasteiger partial charge in [0.2, 0.25) is 0 Å². The Morgan fingerprint density at radius 3 is 1.91 bits per heavy atom. The fourth-order valence-corrected chi connectivity index (χ4v) is 8.39. The molecule has 2 aromatic rings. The van der Waals surface area contributed by atoms with Crippen LogP contribution in [-0.2, 0) is 12.0 Å². The lowest BCUT2D eigenvalue weighted by Crippen LogP contribution is -2.57. The van der Waals surface area contributed by atoms with E-state index >= 15 is 0 Å². The predicted octanol–water partition coefficient (Wildman–Crippen LogP) is 6.17. The number of likely N-dealkylation sites (tertiary alicyclic amines) is 1. The van der Waals surface area contributed by atoms with Crippen molar-refractivity contribution < 1.29 is 5.11 Å². The van der Waals surface area contributed by atoms with Crippen molar-refractivity contribution in [2.24, 2.45) is 23.2 Å². The predicted molar refractivity (Wildman–Crippen MR) is 130 cm³/mol. The smallest absolute Gasteiger partial charge is 0.120 e. The van der Waals surface area contributed by atoms with Crippen molar-refractivity contribution in [3.63, 3.8) is 0 Å². The minimum absolute atomic E-state index is 0.00157. The number of nitrogens with zero attached hydrogens (tertiary/aromatic N) is 1. The number of benzene rings is 2. The van der Waals surface area contributed by atoms with Crippen LogP contribution < -0.4 is 0 Å². The van der Waals surface area contributed by atoms with E-state index in [2.05, 4.69) is 59.5 Å². The second kappa shape index (κ2) is 8.29. The third-order valence-electron chi connectivity index (χ3n) is 9.53. The average molecular weight is 430 g/mol. The van der Waals surface area contributed by atoms with Crippen molar-refractivity contribution in [1.82, 2.24) is 4.90 Å². The molecule has 2 aromatic carbocycles. The van der Waals surface area contributed by atoms with Crippen LogP contribution in [0, 0.1) is 23.2 Å². The normalized spacial score (nSPS) is 33.8. The van der Waals surface area contributed by atoms with Crippen LogP contribution in [0.1, 0.15) is 74.5 Å². The van der Waals surface area contributed by atoms with Crippen LogP contribution in [0.25, 0.3) is 0 Å². The lowest BCUT2D eigenvalue weighted by atomic mass is 9.44. The van der Waals surface area contributed by atoms with E-state index in [0.717, 1.165) is 41.8 Å². The first-order chi connectivity index (χ1) is 15.6. The summed E-state index contributed by atoms with van der Waals surface area (Å²) in [5.74, 6) is 2.46. The van der Waals surface area contributed by atoms with Gasteiger partial charge in [0.05, 0.1) is 0 Å². The summed E-state index contributed by atoms with van der Waals surface area (Å²) in [6.45, 7) is 3.69. The highest BCUT2D eigenvalue weighted by atomic mass is 16.3. The van der Waals surface area contributed by atoms with Crippen LogP contribution in [0.4, 0.5) is 0 Å². The Bertz CT molecular complexity index is 878. The Labute approximate surface area is 194 Å². The third kappa shape index (κ3) is 3.55. The number of aliphatic hydroxyl groups is 1. The first kappa shape index (κ1) is 20.9. The Kier molecular flexibility index (Phi) is 5.42. The first-order valence-corrected chi connectivity index (χ1v) is 13.2. The average Bonchev–Trinajstić information content (AvgIpc) is 2.83. The molecule has 1 N–H and O–H groups in total. The Balaban J connectivity index is 1.31. The molecule has 4 saturated carbocycles. The fourth-order valence-electron chi connectivity index (χ4n) is 8.39. The molecule has 0 aromatic heterocycles. The molecule has 1 heterocycles. The molecule has 1 aliphatic heterocycles. The molecule has 4 bridgehead atoms. The van der Waals surface area contributed by atoms with Gasteiger partial charge in [-0.25, -0.2) is 0 Å². The van der Waals surface area contributed by atoms with E-state index in [9.17, 15) is 5.11 Å². The molecular formula is C30H39NO. The zero-order chi connectivity index (χ0) is 21.6. The standard InChI is InChI=1S/C30H39NO/c32-30(27-7-3-1-4-8-27,29-20-24-17-25(21-29)19-26(18-24)22-29)28-11-9-23(10-12-28)13-16-31-14-5-2-6-15-31/h1,3-4,7-12,24-26,32H,2,5-6,13-22H2. The Morgan fingerprint density at radius 2 is 1.31 bits per heavy atom. The maximum Gasteiger partial charge on any atom is 0.120 e. The summed E-state index contributed by atoms with van der Waals surface area (Å²) >= 11 is 0. The zero-order valence-electron chi connectivity index (χ0n) is 19.5. The highest BCUT2D eigenvalue weighted by Crippen LogP contribution is 2.67. The summed E-state index contributed by atoms with van der Waals surface area (Å²) in [4.78, 5) is 2.62. The van der Waals surface area contributed by atoms with Gasteiger partial charge in [-0.05, 0) is 105 Å². The van der Waals surface area contributed by atoms with Gasteiger partial charge in [0.15, 0.2) is 0 Å². The van der Waals surface area contributed by atoms with Gasteiger partial charge in [-0.15, -0.1) is 0 Å². The summed E-state index contributed by atoms with van der Waals surface area (Å²) < 4.78 is 0. The molecule has 2 heteroatoms. The minimum atomic E-state index is -0.879. The van der Waals surface area contributed by atoms with Crippen LogP contribution >= 0.6 is 0 Å². The van der Waals surface area contributed by atoms with E-state index in [-0.39, 0.29) is 5.41 Å². The SMILES string of the molecule is OC(c1ccccc1)(c1ccc(CCN2CCCCC2)cc1)C12CC3CC(CC(C3)C1)C2. The van der Waals surface area contributed by atoms with Gasteiger partial charge in [-0.2, -0.15) is 0 Å². The van der Waals surface area contributed by atoms with Crippen molar-refractivity contribution >= 4 is 0 Å². The summed E-state index contributed by atoms with van der Waals surface area (Å²) in [7, 11) is 0. The highest BCUT2D eigenvalue weighted by Gasteiger charge is 2.61. The van der Waals surface area contributed by atoms with Crippen molar-refractivity contribution in [2.75, 3.05) is 19.6 Å². The molecule has 4 aliphatic carbocycles. The van der Waals surface area contributed by atoms with Crippen LogP contribution in [0.5, 0.6) is 0 Å². The van der Waals surface area contributed by atoms with Crippen molar-refractivity contribution in [1.29, 1.82) is 0 Å². The number of piperidine rings is 1. The summed E-state index contributed by atoms with van der Waals surface area (Å²) in [5.41, 5.74) is 2.74. The second-order valence-corrected chi connectivity index (χ2v) is 11.6. The van der Waals surface area contributed by atoms with Crippen LogP contribution in [0.2, 0.25) is 0 Å². The fraction of sp³-hybridized carbons (Fsp3) is 0.600. The van der Waals surface area contributed by atoms with Crippen molar-refractivity contribution in [3.05, 3.63) is 71.3 Å². The highest BCUT2D eigenvalue weighted by molar-refractivity contribution is 5.41. The molecule has 0 spiro atoms. The molecular weight excluding hydrogens is 390 g/mol. The maximum absolute atomic E-state index is 12.7. The third-order valence-corrected chi connectivity index (χ3v) is 9.53. The molecule has 1 saturated heterocycles. The van der Waals surface area contributed by atoms with E-state index < -0.39 is 5.60 Å². The molecule has 0 radical (unpaired) electrons. The van der Waals surface area contributed by atoms with Gasteiger partial charge in [0.1, 0.15) is 5.60 Å². The van der Waals surface area contributed by atoms with Crippen molar-refractivity contribution in [2.45, 2.75) is 69.8 Å². The molecule has 32 heavy (non-hydrogen) atoms.